The summed E-state index contributed by atoms with van der Waals surface area (Å²) in [6.45, 7) is 11.3. The number of rotatable bonds is 9. The van der Waals surface area contributed by atoms with Crippen molar-refractivity contribution in [3.05, 3.63) is 23.8 Å². The molecule has 0 aromatic heterocycles. The van der Waals surface area contributed by atoms with E-state index < -0.39 is 0 Å². The van der Waals surface area contributed by atoms with E-state index in [2.05, 4.69) is 52.8 Å². The van der Waals surface area contributed by atoms with Gasteiger partial charge in [-0.05, 0) is 44.4 Å². The van der Waals surface area contributed by atoms with Crippen LogP contribution >= 0.6 is 0 Å². The second-order valence-electron chi connectivity index (χ2n) is 5.48. The Hall–Kier alpha value is -0.520. The minimum absolute atomic E-state index is 0.845. The third-order valence-electron chi connectivity index (χ3n) is 3.35. The zero-order valence-corrected chi connectivity index (χ0v) is 12.6. The van der Waals surface area contributed by atoms with Gasteiger partial charge in [-0.2, -0.15) is 0 Å². The van der Waals surface area contributed by atoms with E-state index in [1.54, 1.807) is 0 Å². The van der Waals surface area contributed by atoms with Gasteiger partial charge >= 0.3 is 0 Å². The fourth-order valence-electron chi connectivity index (χ4n) is 2.44. The predicted molar refractivity (Wildman–Crippen MR) is 80.3 cm³/mol. The van der Waals surface area contributed by atoms with Gasteiger partial charge in [-0.3, -0.25) is 0 Å². The van der Waals surface area contributed by atoms with E-state index in [0.29, 0.717) is 0 Å². The Bertz CT molecular complexity index is 220. The predicted octanol–water partition coefficient (Wildman–Crippen LogP) is 6.14. The highest BCUT2D eigenvalue weighted by atomic mass is 14.1. The van der Waals surface area contributed by atoms with Crippen molar-refractivity contribution in [1.82, 2.24) is 0 Å². The van der Waals surface area contributed by atoms with Gasteiger partial charge in [0.2, 0.25) is 0 Å². The zero-order valence-electron chi connectivity index (χ0n) is 12.6. The van der Waals surface area contributed by atoms with Crippen LogP contribution in [0.15, 0.2) is 23.8 Å². The molecule has 0 heterocycles. The Kier molecular flexibility index (Phi) is 10.3. The Labute approximate surface area is 109 Å². The summed E-state index contributed by atoms with van der Waals surface area (Å²) in [6, 6.07) is 0. The lowest BCUT2D eigenvalue weighted by molar-refractivity contribution is 0.363. The molecule has 0 nitrogen and oxygen atoms in total. The normalized spacial score (nSPS) is 14.8. The first kappa shape index (κ1) is 16.5. The smallest absolute Gasteiger partial charge is 0.0311 e. The number of hydrogen-bond donors (Lipinski definition) is 0. The van der Waals surface area contributed by atoms with Crippen LogP contribution in [-0.2, 0) is 0 Å². The van der Waals surface area contributed by atoms with Crippen molar-refractivity contribution in [2.45, 2.75) is 73.1 Å². The largest absolute Gasteiger partial charge is 0.0845 e. The summed E-state index contributed by atoms with van der Waals surface area (Å²) in [7, 11) is 0. The van der Waals surface area contributed by atoms with Crippen LogP contribution in [0.2, 0.25) is 0 Å². The summed E-state index contributed by atoms with van der Waals surface area (Å²) >= 11 is 0. The van der Waals surface area contributed by atoms with Crippen LogP contribution in [0.3, 0.4) is 0 Å². The number of hydrogen-bond acceptors (Lipinski definition) is 0. The maximum absolute atomic E-state index is 2.36. The van der Waals surface area contributed by atoms with Gasteiger partial charge in [-0.25, -0.2) is 0 Å². The molecule has 0 aromatic rings. The van der Waals surface area contributed by atoms with Gasteiger partial charge in [0.25, 0.3) is 0 Å². The van der Waals surface area contributed by atoms with Crippen LogP contribution in [0.25, 0.3) is 0 Å². The fourth-order valence-corrected chi connectivity index (χ4v) is 2.44. The summed E-state index contributed by atoms with van der Waals surface area (Å²) in [5, 5.41) is 0. The molecule has 17 heavy (non-hydrogen) atoms. The van der Waals surface area contributed by atoms with Crippen molar-refractivity contribution in [3.63, 3.8) is 0 Å². The molecule has 0 fully saturated rings. The van der Waals surface area contributed by atoms with Crippen LogP contribution in [0, 0.1) is 11.8 Å². The average molecular weight is 236 g/mol. The molecule has 0 bridgehead atoms. The van der Waals surface area contributed by atoms with Crippen LogP contribution < -0.4 is 0 Å². The minimum atomic E-state index is 0.845. The van der Waals surface area contributed by atoms with Crippen molar-refractivity contribution in [2.75, 3.05) is 0 Å². The van der Waals surface area contributed by atoms with Gasteiger partial charge in [0, 0.05) is 0 Å². The average Bonchev–Trinajstić information content (AvgIpc) is 2.28. The monoisotopic (exact) mass is 236 g/mol. The maximum Gasteiger partial charge on any atom is -0.0311 e. The molecule has 0 aromatic carbocycles. The Morgan fingerprint density at radius 1 is 1.12 bits per heavy atom. The molecule has 0 rings (SSSR count). The van der Waals surface area contributed by atoms with Crippen molar-refractivity contribution in [2.24, 2.45) is 11.8 Å². The first-order valence-electron chi connectivity index (χ1n) is 7.45. The third kappa shape index (κ3) is 9.21. The molecule has 1 unspecified atom stereocenters. The molecule has 100 valence electrons. The van der Waals surface area contributed by atoms with Crippen LogP contribution in [0.5, 0.6) is 0 Å². The number of allylic oxidation sites excluding steroid dienone is 4. The molecule has 0 heteroatoms. The van der Waals surface area contributed by atoms with E-state index in [1.807, 2.05) is 0 Å². The molecule has 1 atom stereocenters. The molecule has 0 radical (unpaired) electrons. The summed E-state index contributed by atoms with van der Waals surface area (Å²) in [4.78, 5) is 0. The second-order valence-corrected chi connectivity index (χ2v) is 5.48. The van der Waals surface area contributed by atoms with Gasteiger partial charge in [-0.15, -0.1) is 0 Å². The molecule has 0 saturated heterocycles. The summed E-state index contributed by atoms with van der Waals surface area (Å²) in [5.74, 6) is 1.78. The molecule has 0 N–H and O–H groups in total. The van der Waals surface area contributed by atoms with Crippen LogP contribution in [0.4, 0.5) is 0 Å². The van der Waals surface area contributed by atoms with E-state index >= 15 is 0 Å². The molecule has 0 aliphatic carbocycles. The molecule has 0 aliphatic heterocycles. The van der Waals surface area contributed by atoms with Gasteiger partial charge < -0.3 is 0 Å². The van der Waals surface area contributed by atoms with Crippen molar-refractivity contribution >= 4 is 0 Å². The highest BCUT2D eigenvalue weighted by Gasteiger charge is 2.08. The second kappa shape index (κ2) is 10.6. The standard InChI is InChI=1S/C17H32/c1-6-11-17(14-15(4)5)13-10-9-12-16(7-2)8-3/h7,9,12,15,17H,6,8,10-11,13-14H2,1-5H3. The zero-order chi connectivity index (χ0) is 13.1. The van der Waals surface area contributed by atoms with Gasteiger partial charge in [0.1, 0.15) is 0 Å². The first-order chi connectivity index (χ1) is 8.13. The highest BCUT2D eigenvalue weighted by molar-refractivity contribution is 5.16. The van der Waals surface area contributed by atoms with Gasteiger partial charge in [0.05, 0.1) is 0 Å². The summed E-state index contributed by atoms with van der Waals surface area (Å²) in [6.07, 6.45) is 14.8. The van der Waals surface area contributed by atoms with Crippen molar-refractivity contribution in [1.29, 1.82) is 0 Å². The highest BCUT2D eigenvalue weighted by Crippen LogP contribution is 2.22. The van der Waals surface area contributed by atoms with Crippen LogP contribution in [0.1, 0.15) is 73.1 Å². The van der Waals surface area contributed by atoms with E-state index in [1.165, 1.54) is 37.7 Å². The first-order valence-corrected chi connectivity index (χ1v) is 7.45. The van der Waals surface area contributed by atoms with E-state index in [0.717, 1.165) is 18.3 Å². The molecule has 0 spiro atoms. The summed E-state index contributed by atoms with van der Waals surface area (Å²) < 4.78 is 0. The van der Waals surface area contributed by atoms with Crippen molar-refractivity contribution < 1.29 is 0 Å². The molecule has 0 amide bonds. The Balaban J connectivity index is 3.96. The lowest BCUT2D eigenvalue weighted by atomic mass is 9.89. The Morgan fingerprint density at radius 3 is 2.29 bits per heavy atom. The molecular formula is C17H32. The molecule has 0 aliphatic rings. The van der Waals surface area contributed by atoms with E-state index in [-0.39, 0.29) is 0 Å². The van der Waals surface area contributed by atoms with Crippen LogP contribution in [-0.4, -0.2) is 0 Å². The maximum atomic E-state index is 2.36. The molecular weight excluding hydrogens is 204 g/mol. The Morgan fingerprint density at radius 2 is 1.82 bits per heavy atom. The quantitative estimate of drug-likeness (QED) is 0.422. The van der Waals surface area contributed by atoms with Crippen molar-refractivity contribution in [3.8, 4) is 0 Å². The summed E-state index contributed by atoms with van der Waals surface area (Å²) in [5.41, 5.74) is 1.46. The molecule has 0 saturated carbocycles. The van der Waals surface area contributed by atoms with Gasteiger partial charge in [-0.1, -0.05) is 64.3 Å². The SMILES string of the molecule is CC=C(C=CCCC(CCC)CC(C)C)CC. The minimum Gasteiger partial charge on any atom is -0.0845 e. The van der Waals surface area contributed by atoms with Gasteiger partial charge in [0.15, 0.2) is 0 Å². The topological polar surface area (TPSA) is 0 Å². The van der Waals surface area contributed by atoms with E-state index in [4.69, 9.17) is 0 Å². The van der Waals surface area contributed by atoms with E-state index in [9.17, 15) is 0 Å². The lowest BCUT2D eigenvalue weighted by Gasteiger charge is -2.17. The third-order valence-corrected chi connectivity index (χ3v) is 3.35. The lowest BCUT2D eigenvalue weighted by Crippen LogP contribution is -2.04. The fraction of sp³-hybridized carbons (Fsp3) is 0.765.